The summed E-state index contributed by atoms with van der Waals surface area (Å²) in [6.07, 6.45) is 0. The van der Waals surface area contributed by atoms with Crippen LogP contribution in [-0.2, 0) is 0 Å². The van der Waals surface area contributed by atoms with E-state index in [1.54, 1.807) is 30.3 Å². The molecule has 2 N–H and O–H groups in total. The molecule has 0 saturated carbocycles. The number of hydrogen-bond donors (Lipinski definition) is 2. The largest absolute Gasteiger partial charge is 0.345 e. The number of carbonyl (C=O) groups is 2. The third kappa shape index (κ3) is 4.77. The van der Waals surface area contributed by atoms with Crippen LogP contribution in [0.25, 0.3) is 10.8 Å². The highest BCUT2D eigenvalue weighted by molar-refractivity contribution is 14.1. The normalized spacial score (nSPS) is 11.7. The van der Waals surface area contributed by atoms with E-state index in [0.717, 1.165) is 19.9 Å². The Morgan fingerprint density at radius 1 is 0.806 bits per heavy atom. The lowest BCUT2D eigenvalue weighted by Gasteiger charge is -2.17. The van der Waals surface area contributed by atoms with Crippen molar-refractivity contribution in [3.05, 3.63) is 111 Å². The second-order valence-electron chi connectivity index (χ2n) is 7.28. The fourth-order valence-electron chi connectivity index (χ4n) is 3.57. The van der Waals surface area contributed by atoms with Gasteiger partial charge >= 0.3 is 0 Å². The average Bonchev–Trinajstić information content (AvgIpc) is 2.79. The number of fused-ring (bicyclic) bond motifs is 1. The molecule has 0 aromatic heterocycles. The van der Waals surface area contributed by atoms with E-state index in [4.69, 9.17) is 0 Å². The van der Waals surface area contributed by atoms with E-state index < -0.39 is 0 Å². The SMILES string of the molecule is C[C@@H](NC(=O)c1cccc(NC(=O)c2ccccc2I)c1)c1cccc2ccccc12. The zero-order valence-corrected chi connectivity index (χ0v) is 19.1. The molecule has 4 aromatic carbocycles. The van der Waals surface area contributed by atoms with Gasteiger partial charge in [-0.15, -0.1) is 0 Å². The highest BCUT2D eigenvalue weighted by atomic mass is 127. The molecule has 0 aliphatic rings. The number of anilines is 1. The molecule has 0 aliphatic heterocycles. The van der Waals surface area contributed by atoms with Gasteiger partial charge in [0, 0.05) is 14.8 Å². The van der Waals surface area contributed by atoms with Gasteiger partial charge in [0.15, 0.2) is 0 Å². The van der Waals surface area contributed by atoms with E-state index in [9.17, 15) is 9.59 Å². The van der Waals surface area contributed by atoms with Gasteiger partial charge in [-0.1, -0.05) is 60.7 Å². The molecule has 4 rings (SSSR count). The Bertz CT molecular complexity index is 1260. The molecule has 0 saturated heterocycles. The highest BCUT2D eigenvalue weighted by Crippen LogP contribution is 2.24. The van der Waals surface area contributed by atoms with E-state index in [0.29, 0.717) is 16.8 Å². The summed E-state index contributed by atoms with van der Waals surface area (Å²) in [5.41, 5.74) is 2.74. The summed E-state index contributed by atoms with van der Waals surface area (Å²) >= 11 is 2.14. The van der Waals surface area contributed by atoms with Crippen molar-refractivity contribution in [3.63, 3.8) is 0 Å². The number of rotatable bonds is 5. The maximum Gasteiger partial charge on any atom is 0.256 e. The van der Waals surface area contributed by atoms with E-state index in [-0.39, 0.29) is 17.9 Å². The number of hydrogen-bond acceptors (Lipinski definition) is 2. The van der Waals surface area contributed by atoms with Gasteiger partial charge in [-0.25, -0.2) is 0 Å². The summed E-state index contributed by atoms with van der Waals surface area (Å²) in [5.74, 6) is -0.391. The van der Waals surface area contributed by atoms with Gasteiger partial charge in [0.2, 0.25) is 0 Å². The second-order valence-corrected chi connectivity index (χ2v) is 8.44. The monoisotopic (exact) mass is 520 g/mol. The first-order valence-electron chi connectivity index (χ1n) is 9.97. The number of nitrogens with one attached hydrogen (secondary N) is 2. The molecule has 0 fully saturated rings. The molecular formula is C26H21IN2O2. The lowest BCUT2D eigenvalue weighted by Crippen LogP contribution is -2.27. The van der Waals surface area contributed by atoms with Crippen LogP contribution >= 0.6 is 22.6 Å². The smallest absolute Gasteiger partial charge is 0.256 e. The first kappa shape index (κ1) is 21.1. The van der Waals surface area contributed by atoms with Crippen LogP contribution in [0.2, 0.25) is 0 Å². The molecule has 0 heterocycles. The first-order valence-corrected chi connectivity index (χ1v) is 11.1. The maximum atomic E-state index is 12.9. The van der Waals surface area contributed by atoms with Crippen molar-refractivity contribution >= 4 is 50.9 Å². The maximum absolute atomic E-state index is 12.9. The van der Waals surface area contributed by atoms with E-state index in [1.165, 1.54) is 0 Å². The molecule has 0 unspecified atom stereocenters. The molecule has 0 spiro atoms. The second kappa shape index (κ2) is 9.31. The molecule has 0 aliphatic carbocycles. The zero-order chi connectivity index (χ0) is 21.8. The van der Waals surface area contributed by atoms with Crippen molar-refractivity contribution < 1.29 is 9.59 Å². The summed E-state index contributed by atoms with van der Waals surface area (Å²) in [6, 6.07) is 28.4. The Labute approximate surface area is 194 Å². The molecule has 31 heavy (non-hydrogen) atoms. The Hall–Kier alpha value is -3.19. The van der Waals surface area contributed by atoms with Gasteiger partial charge in [0.25, 0.3) is 11.8 Å². The third-order valence-corrected chi connectivity index (χ3v) is 6.08. The zero-order valence-electron chi connectivity index (χ0n) is 16.9. The van der Waals surface area contributed by atoms with Crippen LogP contribution in [0.3, 0.4) is 0 Å². The molecular weight excluding hydrogens is 499 g/mol. The summed E-state index contributed by atoms with van der Waals surface area (Å²) in [5, 5.41) is 8.21. The van der Waals surface area contributed by atoms with Crippen LogP contribution in [0.4, 0.5) is 5.69 Å². The van der Waals surface area contributed by atoms with E-state index in [2.05, 4.69) is 51.4 Å². The Kier molecular flexibility index (Phi) is 6.32. The van der Waals surface area contributed by atoms with Gasteiger partial charge < -0.3 is 10.6 Å². The van der Waals surface area contributed by atoms with Gasteiger partial charge in [-0.2, -0.15) is 0 Å². The minimum Gasteiger partial charge on any atom is -0.345 e. The topological polar surface area (TPSA) is 58.2 Å². The van der Waals surface area contributed by atoms with E-state index >= 15 is 0 Å². The van der Waals surface area contributed by atoms with Gasteiger partial charge in [0.05, 0.1) is 11.6 Å². The van der Waals surface area contributed by atoms with Crippen molar-refractivity contribution in [2.24, 2.45) is 0 Å². The standard InChI is InChI=1S/C26H21IN2O2/c1-17(21-14-7-9-18-8-2-3-12-22(18)21)28-25(30)19-10-6-11-20(16-19)29-26(31)23-13-4-5-15-24(23)27/h2-17H,1H3,(H,28,30)(H,29,31)/t17-/m1/s1. The summed E-state index contributed by atoms with van der Waals surface area (Å²) in [7, 11) is 0. The van der Waals surface area contributed by atoms with Crippen LogP contribution in [0.5, 0.6) is 0 Å². The molecule has 4 aromatic rings. The minimum atomic E-state index is -0.202. The third-order valence-electron chi connectivity index (χ3n) is 5.14. The molecule has 0 bridgehead atoms. The molecule has 5 heteroatoms. The van der Waals surface area contributed by atoms with E-state index in [1.807, 2.05) is 49.4 Å². The van der Waals surface area contributed by atoms with Crippen molar-refractivity contribution in [2.75, 3.05) is 5.32 Å². The number of benzene rings is 4. The number of halogens is 1. The average molecular weight is 520 g/mol. The van der Waals surface area contributed by atoms with Crippen LogP contribution in [0.15, 0.2) is 91.0 Å². The van der Waals surface area contributed by atoms with Gasteiger partial charge in [-0.05, 0) is 76.2 Å². The van der Waals surface area contributed by atoms with Crippen molar-refractivity contribution in [1.82, 2.24) is 5.32 Å². The molecule has 2 amide bonds. The Balaban J connectivity index is 1.50. The lowest BCUT2D eigenvalue weighted by molar-refractivity contribution is 0.0939. The predicted octanol–water partition coefficient (Wildman–Crippen LogP) is 6.19. The molecule has 4 nitrogen and oxygen atoms in total. The van der Waals surface area contributed by atoms with Crippen LogP contribution in [0, 0.1) is 3.57 Å². The molecule has 0 radical (unpaired) electrons. The summed E-state index contributed by atoms with van der Waals surface area (Å²) in [4.78, 5) is 25.5. The number of carbonyl (C=O) groups excluding carboxylic acids is 2. The van der Waals surface area contributed by atoms with Gasteiger partial charge in [-0.3, -0.25) is 9.59 Å². The fourth-order valence-corrected chi connectivity index (χ4v) is 4.20. The van der Waals surface area contributed by atoms with Crippen molar-refractivity contribution in [2.45, 2.75) is 13.0 Å². The predicted molar refractivity (Wildman–Crippen MR) is 133 cm³/mol. The van der Waals surface area contributed by atoms with Crippen LogP contribution in [-0.4, -0.2) is 11.8 Å². The van der Waals surface area contributed by atoms with Crippen LogP contribution in [0.1, 0.15) is 39.2 Å². The lowest BCUT2D eigenvalue weighted by atomic mass is 9.99. The van der Waals surface area contributed by atoms with Crippen molar-refractivity contribution in [3.8, 4) is 0 Å². The Morgan fingerprint density at radius 2 is 1.52 bits per heavy atom. The summed E-state index contributed by atoms with van der Waals surface area (Å²) in [6.45, 7) is 1.97. The van der Waals surface area contributed by atoms with Crippen molar-refractivity contribution in [1.29, 1.82) is 0 Å². The number of amides is 2. The fraction of sp³-hybridized carbons (Fsp3) is 0.0769. The van der Waals surface area contributed by atoms with Crippen LogP contribution < -0.4 is 10.6 Å². The molecule has 154 valence electrons. The van der Waals surface area contributed by atoms with Gasteiger partial charge in [0.1, 0.15) is 0 Å². The first-order chi connectivity index (χ1) is 15.0. The minimum absolute atomic E-state index is 0.164. The quantitative estimate of drug-likeness (QED) is 0.309. The highest BCUT2D eigenvalue weighted by Gasteiger charge is 2.15. The molecule has 1 atom stereocenters. The Morgan fingerprint density at radius 3 is 2.35 bits per heavy atom. The summed E-state index contributed by atoms with van der Waals surface area (Å²) < 4.78 is 0.871.